The number of nitrogen functional groups attached to an aromatic ring is 1. The maximum Gasteiger partial charge on any atom is 0.301 e. The summed E-state index contributed by atoms with van der Waals surface area (Å²) in [5, 5.41) is 10.8. The molecule has 0 aliphatic rings. The fraction of sp³-hybridized carbons (Fsp3) is 0.136. The van der Waals surface area contributed by atoms with E-state index >= 15 is 0 Å². The first kappa shape index (κ1) is 23.7. The van der Waals surface area contributed by atoms with Crippen molar-refractivity contribution in [2.75, 3.05) is 25.9 Å². The summed E-state index contributed by atoms with van der Waals surface area (Å²) in [6.07, 6.45) is 2.94. The molecule has 0 radical (unpaired) electrons. The Morgan fingerprint density at radius 2 is 1.79 bits per heavy atom. The maximum atomic E-state index is 13.3. The monoisotopic (exact) mass is 468 g/mol. The van der Waals surface area contributed by atoms with Gasteiger partial charge in [0.1, 0.15) is 22.2 Å². The first-order chi connectivity index (χ1) is 15.8. The molecule has 33 heavy (non-hydrogen) atoms. The summed E-state index contributed by atoms with van der Waals surface area (Å²) in [5.74, 6) is 0.352. The van der Waals surface area contributed by atoms with Crippen molar-refractivity contribution in [2.24, 2.45) is 10.2 Å². The largest absolute Gasteiger partial charge is 0.497 e. The quantitative estimate of drug-likeness (QED) is 0.347. The third-order valence-corrected chi connectivity index (χ3v) is 6.49. The van der Waals surface area contributed by atoms with Crippen LogP contribution in [0.3, 0.4) is 0 Å². The molecule has 0 spiro atoms. The molecule has 0 bridgehead atoms. The number of benzene rings is 2. The second kappa shape index (κ2) is 10.1. The van der Waals surface area contributed by atoms with Crippen molar-refractivity contribution in [3.05, 3.63) is 84.2 Å². The number of H-pyrrole nitrogens is 1. The maximum absolute atomic E-state index is 13.3. The fourth-order valence-corrected chi connectivity index (χ4v) is 4.51. The van der Waals surface area contributed by atoms with E-state index in [0.717, 1.165) is 0 Å². The summed E-state index contributed by atoms with van der Waals surface area (Å²) in [4.78, 5) is 12.7. The molecule has 10 nitrogen and oxygen atoms in total. The first-order valence-corrected chi connectivity index (χ1v) is 11.2. The number of para-hydroxylation sites is 1. The zero-order valence-electron chi connectivity index (χ0n) is 18.0. The highest BCUT2D eigenvalue weighted by atomic mass is 32.2. The van der Waals surface area contributed by atoms with Gasteiger partial charge in [0, 0.05) is 19.2 Å². The number of hydrogen-bond acceptors (Lipinski definition) is 7. The van der Waals surface area contributed by atoms with Gasteiger partial charge in [-0.25, -0.2) is 13.1 Å². The Balaban J connectivity index is 2.09. The molecule has 1 aromatic heterocycles. The van der Waals surface area contributed by atoms with Crippen molar-refractivity contribution in [1.82, 2.24) is 14.1 Å². The number of sulfonamides is 1. The number of rotatable bonds is 10. The van der Waals surface area contributed by atoms with Crippen LogP contribution in [0, 0.1) is 0 Å². The number of ether oxygens (including phenoxy) is 1. The molecule has 172 valence electrons. The van der Waals surface area contributed by atoms with Crippen LogP contribution in [-0.2, 0) is 10.0 Å². The molecule has 0 saturated heterocycles. The first-order valence-electron chi connectivity index (χ1n) is 9.81. The smallest absolute Gasteiger partial charge is 0.301 e. The van der Waals surface area contributed by atoms with Gasteiger partial charge >= 0.3 is 5.56 Å². The summed E-state index contributed by atoms with van der Waals surface area (Å²) < 4.78 is 34.1. The van der Waals surface area contributed by atoms with Gasteiger partial charge in [0.25, 0.3) is 0 Å². The van der Waals surface area contributed by atoms with Crippen molar-refractivity contribution in [2.45, 2.75) is 4.90 Å². The molecule has 0 aliphatic carbocycles. The van der Waals surface area contributed by atoms with E-state index in [1.165, 1.54) is 46.4 Å². The summed E-state index contributed by atoms with van der Waals surface area (Å²) in [7, 11) is -2.54. The Morgan fingerprint density at radius 3 is 2.39 bits per heavy atom. The Hall–Kier alpha value is -3.96. The number of aromatic nitrogens is 2. The standard InChI is InChI=1S/C22H24N6O4S/c1-4-13-27(14-5-2)33(30,31)19-12-11-17(32-3)15-18(19)24-25-20-21(23)26-28(22(20)29)16-9-7-6-8-10-16/h4-12,15,26H,1-2,13-14,23H2,3H3. The number of anilines is 1. The van der Waals surface area contributed by atoms with Crippen LogP contribution in [0.2, 0.25) is 0 Å². The molecule has 0 atom stereocenters. The Kier molecular flexibility index (Phi) is 7.26. The zero-order chi connectivity index (χ0) is 24.0. The molecule has 0 aliphatic heterocycles. The van der Waals surface area contributed by atoms with E-state index in [-0.39, 0.29) is 35.2 Å². The summed E-state index contributed by atoms with van der Waals surface area (Å²) in [5.41, 5.74) is 5.81. The Morgan fingerprint density at radius 1 is 1.12 bits per heavy atom. The highest BCUT2D eigenvalue weighted by Crippen LogP contribution is 2.32. The number of nitrogens with two attached hydrogens (primary N) is 1. The number of hydrogen-bond donors (Lipinski definition) is 2. The van der Waals surface area contributed by atoms with E-state index in [1.807, 2.05) is 6.07 Å². The fourth-order valence-electron chi connectivity index (χ4n) is 3.02. The average molecular weight is 469 g/mol. The molecule has 3 aromatic rings. The normalized spacial score (nSPS) is 11.7. The van der Waals surface area contributed by atoms with Gasteiger partial charge in [-0.15, -0.1) is 23.4 Å². The molecule has 1 heterocycles. The lowest BCUT2D eigenvalue weighted by Gasteiger charge is -2.20. The van der Waals surface area contributed by atoms with Crippen molar-refractivity contribution in [1.29, 1.82) is 0 Å². The molecule has 3 rings (SSSR count). The number of methoxy groups -OCH3 is 1. The molecule has 3 N–H and O–H groups in total. The van der Waals surface area contributed by atoms with E-state index in [9.17, 15) is 13.2 Å². The van der Waals surface area contributed by atoms with E-state index < -0.39 is 15.6 Å². The molecular formula is C22H24N6O4S. The summed E-state index contributed by atoms with van der Waals surface area (Å²) >= 11 is 0. The second-order valence-electron chi connectivity index (χ2n) is 6.78. The third-order valence-electron chi connectivity index (χ3n) is 4.61. The van der Waals surface area contributed by atoms with Crippen LogP contribution in [0.1, 0.15) is 0 Å². The van der Waals surface area contributed by atoms with E-state index in [4.69, 9.17) is 10.5 Å². The predicted molar refractivity (Wildman–Crippen MR) is 127 cm³/mol. The highest BCUT2D eigenvalue weighted by molar-refractivity contribution is 7.89. The van der Waals surface area contributed by atoms with Gasteiger partial charge < -0.3 is 10.5 Å². The molecule has 0 unspecified atom stereocenters. The summed E-state index contributed by atoms with van der Waals surface area (Å²) in [6.45, 7) is 7.36. The average Bonchev–Trinajstić information content (AvgIpc) is 3.11. The van der Waals surface area contributed by atoms with Crippen LogP contribution in [0.5, 0.6) is 5.75 Å². The van der Waals surface area contributed by atoms with Gasteiger partial charge in [-0.05, 0) is 24.3 Å². The van der Waals surface area contributed by atoms with Crippen molar-refractivity contribution in [3.8, 4) is 11.4 Å². The second-order valence-corrected chi connectivity index (χ2v) is 8.69. The van der Waals surface area contributed by atoms with Crippen molar-refractivity contribution >= 4 is 27.2 Å². The van der Waals surface area contributed by atoms with E-state index in [2.05, 4.69) is 28.5 Å². The summed E-state index contributed by atoms with van der Waals surface area (Å²) in [6, 6.07) is 13.1. The SMILES string of the molecule is C=CCN(CC=C)S(=O)(=O)c1ccc(OC)cc1N=Nc1c(N)[nH]n(-c2ccccc2)c1=O. The van der Waals surface area contributed by atoms with Crippen molar-refractivity contribution < 1.29 is 13.2 Å². The lowest BCUT2D eigenvalue weighted by atomic mass is 10.3. The lowest BCUT2D eigenvalue weighted by molar-refractivity contribution is 0.414. The van der Waals surface area contributed by atoms with Crippen LogP contribution in [0.25, 0.3) is 5.69 Å². The van der Waals surface area contributed by atoms with Crippen LogP contribution >= 0.6 is 0 Å². The van der Waals surface area contributed by atoms with Crippen LogP contribution in [-0.4, -0.2) is 42.7 Å². The van der Waals surface area contributed by atoms with Gasteiger partial charge in [-0.3, -0.25) is 9.89 Å². The zero-order valence-corrected chi connectivity index (χ0v) is 18.8. The third kappa shape index (κ3) is 4.94. The number of aromatic amines is 1. The van der Waals surface area contributed by atoms with Crippen LogP contribution in [0.15, 0.2) is 93.8 Å². The molecular weight excluding hydrogens is 444 g/mol. The molecule has 2 aromatic carbocycles. The van der Waals surface area contributed by atoms with E-state index in [1.54, 1.807) is 24.3 Å². The van der Waals surface area contributed by atoms with Gasteiger partial charge in [0.2, 0.25) is 10.0 Å². The molecule has 0 fully saturated rings. The number of azo groups is 1. The van der Waals surface area contributed by atoms with Gasteiger partial charge in [0.05, 0.1) is 12.8 Å². The van der Waals surface area contributed by atoms with Crippen LogP contribution in [0.4, 0.5) is 17.2 Å². The van der Waals surface area contributed by atoms with Crippen molar-refractivity contribution in [3.63, 3.8) is 0 Å². The van der Waals surface area contributed by atoms with Crippen LogP contribution < -0.4 is 16.0 Å². The van der Waals surface area contributed by atoms with Gasteiger partial charge in [0.15, 0.2) is 5.69 Å². The minimum absolute atomic E-state index is 0.0140. The topological polar surface area (TPSA) is 135 Å². The molecule has 11 heteroatoms. The minimum Gasteiger partial charge on any atom is -0.497 e. The molecule has 0 saturated carbocycles. The lowest BCUT2D eigenvalue weighted by Crippen LogP contribution is -2.31. The highest BCUT2D eigenvalue weighted by Gasteiger charge is 2.26. The van der Waals surface area contributed by atoms with Gasteiger partial charge in [-0.1, -0.05) is 30.4 Å². The molecule has 0 amide bonds. The predicted octanol–water partition coefficient (Wildman–Crippen LogP) is 3.53. The Labute approximate surface area is 191 Å². The Bertz CT molecular complexity index is 1330. The minimum atomic E-state index is -3.98. The number of nitrogens with zero attached hydrogens (tertiary/aromatic N) is 4. The van der Waals surface area contributed by atoms with Gasteiger partial charge in [-0.2, -0.15) is 4.31 Å². The number of nitrogens with one attached hydrogen (secondary N) is 1. The van der Waals surface area contributed by atoms with E-state index in [0.29, 0.717) is 11.4 Å².